The lowest BCUT2D eigenvalue weighted by Gasteiger charge is -2.21. The van der Waals surface area contributed by atoms with E-state index in [1.54, 1.807) is 26.4 Å². The number of hydrazone groups is 1. The lowest BCUT2D eigenvalue weighted by Crippen LogP contribution is -2.26. The molecule has 0 N–H and O–H groups in total. The topological polar surface area (TPSA) is 64.3 Å². The van der Waals surface area contributed by atoms with Crippen LogP contribution < -0.4 is 9.47 Å². The van der Waals surface area contributed by atoms with Crippen LogP contribution in [-0.4, -0.2) is 30.8 Å². The first-order chi connectivity index (χ1) is 14.1. The Morgan fingerprint density at radius 1 is 1.07 bits per heavy atom. The molecule has 29 heavy (non-hydrogen) atoms. The zero-order valence-electron chi connectivity index (χ0n) is 16.0. The molecule has 0 saturated heterocycles. The second-order valence-corrected chi connectivity index (χ2v) is 7.31. The van der Waals surface area contributed by atoms with Gasteiger partial charge in [-0.3, -0.25) is 4.79 Å². The van der Waals surface area contributed by atoms with Gasteiger partial charge in [-0.15, -0.1) is 0 Å². The van der Waals surface area contributed by atoms with Crippen LogP contribution in [-0.2, 0) is 0 Å². The highest BCUT2D eigenvalue weighted by Gasteiger charge is 2.35. The summed E-state index contributed by atoms with van der Waals surface area (Å²) < 4.78 is 16.5. The molecule has 0 unspecified atom stereocenters. The Hall–Kier alpha value is -3.06. The fraction of sp³-hybridized carbons (Fsp3) is 0.182. The molecular weight excluding hydrogens is 436 g/mol. The molecule has 1 aliphatic heterocycles. The molecule has 1 atom stereocenters. The van der Waals surface area contributed by atoms with Gasteiger partial charge < -0.3 is 13.9 Å². The average molecular weight is 455 g/mol. The van der Waals surface area contributed by atoms with Gasteiger partial charge in [0.2, 0.25) is 0 Å². The second kappa shape index (κ2) is 8.13. The van der Waals surface area contributed by atoms with Gasteiger partial charge in [0, 0.05) is 12.0 Å². The number of furan rings is 1. The number of hydrogen-bond acceptors (Lipinski definition) is 5. The summed E-state index contributed by atoms with van der Waals surface area (Å²) in [7, 11) is 3.25. The standard InChI is InChI=1S/C22H19BrN2O4/c1-27-16-8-6-14(7-9-16)19-13-18(15-4-3-5-17(12-15)28-2)24-25(19)22(26)20-10-11-21(23)29-20/h3-12,19H,13H2,1-2H3/t19-/m1/s1. The Kier molecular flexibility index (Phi) is 5.40. The van der Waals surface area contributed by atoms with Crippen molar-refractivity contribution >= 4 is 27.5 Å². The normalized spacial score (nSPS) is 15.9. The Morgan fingerprint density at radius 2 is 1.83 bits per heavy atom. The molecule has 0 fully saturated rings. The first-order valence-electron chi connectivity index (χ1n) is 9.04. The van der Waals surface area contributed by atoms with E-state index in [0.29, 0.717) is 11.1 Å². The van der Waals surface area contributed by atoms with Gasteiger partial charge in [0.05, 0.1) is 26.0 Å². The summed E-state index contributed by atoms with van der Waals surface area (Å²) in [6.07, 6.45) is 0.577. The number of hydrogen-bond donors (Lipinski definition) is 0. The number of rotatable bonds is 5. The van der Waals surface area contributed by atoms with Gasteiger partial charge in [-0.25, -0.2) is 5.01 Å². The number of amides is 1. The van der Waals surface area contributed by atoms with Crippen LogP contribution in [0.15, 0.2) is 74.9 Å². The molecule has 7 heteroatoms. The Bertz CT molecular complexity index is 1060. The molecule has 2 aromatic carbocycles. The number of carbonyl (C=O) groups is 1. The first kappa shape index (κ1) is 19.3. The van der Waals surface area contributed by atoms with E-state index in [9.17, 15) is 4.79 Å². The maximum Gasteiger partial charge on any atom is 0.310 e. The van der Waals surface area contributed by atoms with Crippen molar-refractivity contribution in [3.8, 4) is 11.5 Å². The predicted molar refractivity (Wildman–Crippen MR) is 112 cm³/mol. The van der Waals surface area contributed by atoms with Gasteiger partial charge in [0.1, 0.15) is 11.5 Å². The minimum atomic E-state index is -0.297. The SMILES string of the molecule is COc1ccc([C@H]2CC(c3cccc(OC)c3)=NN2C(=O)c2ccc(Br)o2)cc1. The number of methoxy groups -OCH3 is 2. The Morgan fingerprint density at radius 3 is 2.48 bits per heavy atom. The number of carbonyl (C=O) groups excluding carboxylic acids is 1. The minimum Gasteiger partial charge on any atom is -0.497 e. The maximum absolute atomic E-state index is 13.1. The summed E-state index contributed by atoms with van der Waals surface area (Å²) in [5.41, 5.74) is 2.69. The molecular formula is C22H19BrN2O4. The molecule has 1 aromatic heterocycles. The third-order valence-corrected chi connectivity index (χ3v) is 5.23. The largest absolute Gasteiger partial charge is 0.497 e. The van der Waals surface area contributed by atoms with E-state index in [2.05, 4.69) is 21.0 Å². The van der Waals surface area contributed by atoms with Crippen molar-refractivity contribution in [1.82, 2.24) is 5.01 Å². The smallest absolute Gasteiger partial charge is 0.310 e. The summed E-state index contributed by atoms with van der Waals surface area (Å²) in [5.74, 6) is 1.43. The lowest BCUT2D eigenvalue weighted by atomic mass is 9.98. The zero-order chi connectivity index (χ0) is 20.4. The molecule has 1 aliphatic rings. The highest BCUT2D eigenvalue weighted by atomic mass is 79.9. The van der Waals surface area contributed by atoms with Gasteiger partial charge >= 0.3 is 5.91 Å². The van der Waals surface area contributed by atoms with Crippen LogP contribution in [0.2, 0.25) is 0 Å². The number of benzene rings is 2. The van der Waals surface area contributed by atoms with Gasteiger partial charge in [-0.2, -0.15) is 5.10 Å². The van der Waals surface area contributed by atoms with Crippen LogP contribution in [0.4, 0.5) is 0 Å². The fourth-order valence-electron chi connectivity index (χ4n) is 3.30. The van der Waals surface area contributed by atoms with E-state index in [-0.39, 0.29) is 17.7 Å². The molecule has 0 spiro atoms. The molecule has 4 rings (SSSR count). The third-order valence-electron chi connectivity index (χ3n) is 4.81. The van der Waals surface area contributed by atoms with E-state index < -0.39 is 0 Å². The predicted octanol–water partition coefficient (Wildman–Crippen LogP) is 5.05. The summed E-state index contributed by atoms with van der Waals surface area (Å²) in [4.78, 5) is 13.1. The zero-order valence-corrected chi connectivity index (χ0v) is 17.5. The van der Waals surface area contributed by atoms with Crippen molar-refractivity contribution in [3.63, 3.8) is 0 Å². The van der Waals surface area contributed by atoms with Crippen molar-refractivity contribution < 1.29 is 18.7 Å². The minimum absolute atomic E-state index is 0.228. The van der Waals surface area contributed by atoms with Gasteiger partial charge in [0.15, 0.2) is 10.4 Å². The van der Waals surface area contributed by atoms with Crippen LogP contribution in [0, 0.1) is 0 Å². The molecule has 0 aliphatic carbocycles. The van der Waals surface area contributed by atoms with Crippen LogP contribution in [0.5, 0.6) is 11.5 Å². The number of nitrogens with zero attached hydrogens (tertiary/aromatic N) is 2. The summed E-state index contributed by atoms with van der Waals surface area (Å²) in [5, 5.41) is 6.15. The lowest BCUT2D eigenvalue weighted by molar-refractivity contribution is 0.0677. The van der Waals surface area contributed by atoms with Crippen molar-refractivity contribution in [1.29, 1.82) is 0 Å². The first-order valence-corrected chi connectivity index (χ1v) is 9.83. The molecule has 0 bridgehead atoms. The monoisotopic (exact) mass is 454 g/mol. The quantitative estimate of drug-likeness (QED) is 0.540. The molecule has 2 heterocycles. The van der Waals surface area contributed by atoms with E-state index in [4.69, 9.17) is 13.9 Å². The van der Waals surface area contributed by atoms with E-state index in [1.807, 2.05) is 48.5 Å². The van der Waals surface area contributed by atoms with Crippen LogP contribution in [0.25, 0.3) is 0 Å². The maximum atomic E-state index is 13.1. The highest BCUT2D eigenvalue weighted by Crippen LogP contribution is 2.35. The molecule has 1 amide bonds. The molecule has 3 aromatic rings. The summed E-state index contributed by atoms with van der Waals surface area (Å²) in [6, 6.07) is 18.4. The fourth-order valence-corrected chi connectivity index (χ4v) is 3.61. The molecule has 0 saturated carbocycles. The number of halogens is 1. The molecule has 148 valence electrons. The van der Waals surface area contributed by atoms with E-state index in [1.165, 1.54) is 5.01 Å². The summed E-state index contributed by atoms with van der Waals surface area (Å²) in [6.45, 7) is 0. The van der Waals surface area contributed by atoms with Crippen LogP contribution in [0.1, 0.15) is 34.1 Å². The van der Waals surface area contributed by atoms with Crippen LogP contribution in [0.3, 0.4) is 0 Å². The van der Waals surface area contributed by atoms with Crippen molar-refractivity contribution in [3.05, 3.63) is 82.2 Å². The van der Waals surface area contributed by atoms with E-state index in [0.717, 1.165) is 28.3 Å². The Labute approximate surface area is 176 Å². The molecule has 0 radical (unpaired) electrons. The third kappa shape index (κ3) is 3.91. The van der Waals surface area contributed by atoms with E-state index >= 15 is 0 Å². The molecule has 6 nitrogen and oxygen atoms in total. The second-order valence-electron chi connectivity index (χ2n) is 6.53. The van der Waals surface area contributed by atoms with Gasteiger partial charge in [-0.05, 0) is 57.9 Å². The Balaban J connectivity index is 1.71. The van der Waals surface area contributed by atoms with Crippen molar-refractivity contribution in [2.45, 2.75) is 12.5 Å². The highest BCUT2D eigenvalue weighted by molar-refractivity contribution is 9.10. The van der Waals surface area contributed by atoms with Crippen LogP contribution >= 0.6 is 15.9 Å². The number of ether oxygens (including phenoxy) is 2. The summed E-state index contributed by atoms with van der Waals surface area (Å²) >= 11 is 3.25. The average Bonchev–Trinajstić information content (AvgIpc) is 3.40. The van der Waals surface area contributed by atoms with Gasteiger partial charge in [-0.1, -0.05) is 24.3 Å². The van der Waals surface area contributed by atoms with Crippen molar-refractivity contribution in [2.24, 2.45) is 5.10 Å². The van der Waals surface area contributed by atoms with Gasteiger partial charge in [0.25, 0.3) is 0 Å². The van der Waals surface area contributed by atoms with Crippen molar-refractivity contribution in [2.75, 3.05) is 14.2 Å².